The van der Waals surface area contributed by atoms with Crippen LogP contribution in [-0.4, -0.2) is 26.4 Å². The molecular weight excluding hydrogens is 308 g/mol. The van der Waals surface area contributed by atoms with Gasteiger partial charge in [0.25, 0.3) is 0 Å². The minimum atomic E-state index is 0.00623. The average molecular weight is 332 g/mol. The zero-order valence-corrected chi connectivity index (χ0v) is 14.6. The van der Waals surface area contributed by atoms with Crippen LogP contribution in [0.2, 0.25) is 0 Å². The van der Waals surface area contributed by atoms with Crippen molar-refractivity contribution in [2.45, 2.75) is 50.9 Å². The first-order valence-corrected chi connectivity index (χ1v) is 9.04. The predicted octanol–water partition coefficient (Wildman–Crippen LogP) is 3.44. The molecule has 0 fully saturated rings. The summed E-state index contributed by atoms with van der Waals surface area (Å²) in [6, 6.07) is 9.97. The second kappa shape index (κ2) is 9.35. The van der Waals surface area contributed by atoms with Gasteiger partial charge in [0.1, 0.15) is 6.33 Å². The third-order valence-electron chi connectivity index (χ3n) is 3.59. The fourth-order valence-corrected chi connectivity index (χ4v) is 3.03. The summed E-state index contributed by atoms with van der Waals surface area (Å²) in [5, 5.41) is 11.9. The van der Waals surface area contributed by atoms with Crippen LogP contribution < -0.4 is 5.32 Å². The number of hydrogen-bond acceptors (Lipinski definition) is 4. The van der Waals surface area contributed by atoms with Crippen LogP contribution in [0.1, 0.15) is 44.7 Å². The summed E-state index contributed by atoms with van der Waals surface area (Å²) in [7, 11) is 0. The fraction of sp³-hybridized carbons (Fsp3) is 0.471. The van der Waals surface area contributed by atoms with Crippen molar-refractivity contribution in [3.63, 3.8) is 0 Å². The number of aryl methyl sites for hydroxylation is 1. The Kier molecular flexibility index (Phi) is 7.13. The maximum Gasteiger partial charge on any atom is 0.230 e. The van der Waals surface area contributed by atoms with Crippen molar-refractivity contribution in [3.8, 4) is 0 Å². The number of carbonyl (C=O) groups is 1. The quantitative estimate of drug-likeness (QED) is 0.564. The Hall–Kier alpha value is -1.82. The number of nitrogens with zero attached hydrogens (tertiary/aromatic N) is 3. The van der Waals surface area contributed by atoms with Crippen LogP contribution in [-0.2, 0) is 11.3 Å². The van der Waals surface area contributed by atoms with Gasteiger partial charge >= 0.3 is 0 Å². The second-order valence-corrected chi connectivity index (χ2v) is 6.45. The highest BCUT2D eigenvalue weighted by atomic mass is 32.2. The van der Waals surface area contributed by atoms with Crippen molar-refractivity contribution in [2.24, 2.45) is 0 Å². The number of amides is 1. The minimum Gasteiger partial charge on any atom is -0.349 e. The molecule has 1 aromatic carbocycles. The van der Waals surface area contributed by atoms with E-state index in [2.05, 4.69) is 22.4 Å². The summed E-state index contributed by atoms with van der Waals surface area (Å²) in [5.74, 6) is 0.360. The van der Waals surface area contributed by atoms with Crippen molar-refractivity contribution in [1.29, 1.82) is 0 Å². The summed E-state index contributed by atoms with van der Waals surface area (Å²) in [5.41, 5.74) is 1.11. The first-order chi connectivity index (χ1) is 11.2. The van der Waals surface area contributed by atoms with E-state index in [1.165, 1.54) is 24.6 Å². The standard InChI is InChI=1S/C17H24N4OS/c1-3-4-8-11-21-13-18-20-17(21)23-12-16(22)19-14(2)15-9-6-5-7-10-15/h5-7,9-10,13-14H,3-4,8,11-12H2,1-2H3,(H,19,22)/t14-/m0/s1. The van der Waals surface area contributed by atoms with Crippen LogP contribution in [0.3, 0.4) is 0 Å². The van der Waals surface area contributed by atoms with Crippen LogP contribution >= 0.6 is 11.8 Å². The Morgan fingerprint density at radius 3 is 2.83 bits per heavy atom. The van der Waals surface area contributed by atoms with Crippen LogP contribution in [0.25, 0.3) is 0 Å². The van der Waals surface area contributed by atoms with Crippen LogP contribution in [0.5, 0.6) is 0 Å². The van der Waals surface area contributed by atoms with E-state index in [1.54, 1.807) is 6.33 Å². The van der Waals surface area contributed by atoms with Crippen molar-refractivity contribution in [3.05, 3.63) is 42.2 Å². The van der Waals surface area contributed by atoms with E-state index in [0.717, 1.165) is 23.7 Å². The summed E-state index contributed by atoms with van der Waals surface area (Å²) < 4.78 is 2.02. The highest BCUT2D eigenvalue weighted by Gasteiger charge is 2.12. The van der Waals surface area contributed by atoms with Crippen LogP contribution in [0.4, 0.5) is 0 Å². The van der Waals surface area contributed by atoms with E-state index < -0.39 is 0 Å². The van der Waals surface area contributed by atoms with Gasteiger partial charge < -0.3 is 9.88 Å². The maximum atomic E-state index is 12.1. The van der Waals surface area contributed by atoms with Gasteiger partial charge in [-0.15, -0.1) is 10.2 Å². The molecule has 0 saturated heterocycles. The van der Waals surface area contributed by atoms with Gasteiger partial charge in [-0.25, -0.2) is 0 Å². The molecule has 0 unspecified atom stereocenters. The molecule has 5 nitrogen and oxygen atoms in total. The lowest BCUT2D eigenvalue weighted by molar-refractivity contribution is -0.119. The van der Waals surface area contributed by atoms with Gasteiger partial charge in [0, 0.05) is 6.54 Å². The molecule has 0 aliphatic heterocycles. The van der Waals surface area contributed by atoms with Gasteiger partial charge in [-0.1, -0.05) is 61.9 Å². The number of aromatic nitrogens is 3. The number of hydrogen-bond donors (Lipinski definition) is 1. The smallest absolute Gasteiger partial charge is 0.230 e. The largest absolute Gasteiger partial charge is 0.349 e. The molecule has 23 heavy (non-hydrogen) atoms. The molecule has 1 heterocycles. The Bertz CT molecular complexity index is 600. The SMILES string of the molecule is CCCCCn1cnnc1SCC(=O)N[C@@H](C)c1ccccc1. The topological polar surface area (TPSA) is 59.8 Å². The minimum absolute atomic E-state index is 0.00623. The maximum absolute atomic E-state index is 12.1. The molecule has 124 valence electrons. The van der Waals surface area contributed by atoms with Crippen LogP contribution in [0.15, 0.2) is 41.8 Å². The predicted molar refractivity (Wildman–Crippen MR) is 93.3 cm³/mol. The summed E-state index contributed by atoms with van der Waals surface area (Å²) in [6.45, 7) is 5.08. The zero-order chi connectivity index (χ0) is 16.5. The molecule has 2 aromatic rings. The zero-order valence-electron chi connectivity index (χ0n) is 13.7. The van der Waals surface area contributed by atoms with Crippen molar-refractivity contribution in [1.82, 2.24) is 20.1 Å². The molecule has 1 amide bonds. The van der Waals surface area contributed by atoms with Gasteiger partial charge in [0.05, 0.1) is 11.8 Å². The Morgan fingerprint density at radius 1 is 1.30 bits per heavy atom. The van der Waals surface area contributed by atoms with E-state index in [9.17, 15) is 4.79 Å². The molecule has 1 atom stereocenters. The number of thioether (sulfide) groups is 1. The average Bonchev–Trinajstić information content (AvgIpc) is 3.01. The first kappa shape index (κ1) is 17.5. The number of nitrogens with one attached hydrogen (secondary N) is 1. The molecule has 6 heteroatoms. The first-order valence-electron chi connectivity index (χ1n) is 8.05. The van der Waals surface area contributed by atoms with E-state index in [-0.39, 0.29) is 11.9 Å². The fourth-order valence-electron chi connectivity index (χ4n) is 2.28. The Labute approximate surface area is 141 Å². The van der Waals surface area contributed by atoms with E-state index in [4.69, 9.17) is 0 Å². The highest BCUT2D eigenvalue weighted by molar-refractivity contribution is 7.99. The Balaban J connectivity index is 1.79. The lowest BCUT2D eigenvalue weighted by Gasteiger charge is -2.14. The molecule has 0 bridgehead atoms. The molecule has 2 rings (SSSR count). The molecule has 0 aliphatic carbocycles. The van der Waals surface area contributed by atoms with Gasteiger partial charge in [-0.3, -0.25) is 4.79 Å². The summed E-state index contributed by atoms with van der Waals surface area (Å²) in [6.07, 6.45) is 5.23. The molecule has 0 saturated carbocycles. The van der Waals surface area contributed by atoms with Gasteiger partial charge in [-0.2, -0.15) is 0 Å². The van der Waals surface area contributed by atoms with Crippen LogP contribution in [0, 0.1) is 0 Å². The lowest BCUT2D eigenvalue weighted by Crippen LogP contribution is -2.28. The molecule has 0 spiro atoms. The van der Waals surface area contributed by atoms with Gasteiger partial charge in [0.2, 0.25) is 5.91 Å². The summed E-state index contributed by atoms with van der Waals surface area (Å²) >= 11 is 1.43. The normalized spacial score (nSPS) is 12.1. The monoisotopic (exact) mass is 332 g/mol. The van der Waals surface area contributed by atoms with Gasteiger partial charge in [0.15, 0.2) is 5.16 Å². The van der Waals surface area contributed by atoms with E-state index >= 15 is 0 Å². The molecule has 0 aliphatic rings. The van der Waals surface area contributed by atoms with Gasteiger partial charge in [-0.05, 0) is 18.9 Å². The molecule has 0 radical (unpaired) electrons. The molecule has 1 N–H and O–H groups in total. The number of carbonyl (C=O) groups excluding carboxylic acids is 1. The number of unbranched alkanes of at least 4 members (excludes halogenated alkanes) is 2. The second-order valence-electron chi connectivity index (χ2n) is 5.50. The Morgan fingerprint density at radius 2 is 2.09 bits per heavy atom. The van der Waals surface area contributed by atoms with Crippen molar-refractivity contribution in [2.75, 3.05) is 5.75 Å². The third kappa shape index (κ3) is 5.71. The number of benzene rings is 1. The lowest BCUT2D eigenvalue weighted by atomic mass is 10.1. The molecular formula is C17H24N4OS. The van der Waals surface area contributed by atoms with E-state index in [0.29, 0.717) is 5.75 Å². The highest BCUT2D eigenvalue weighted by Crippen LogP contribution is 2.16. The van der Waals surface area contributed by atoms with Crippen molar-refractivity contribution < 1.29 is 4.79 Å². The molecule has 1 aromatic heterocycles. The van der Waals surface area contributed by atoms with Crippen molar-refractivity contribution >= 4 is 17.7 Å². The summed E-state index contributed by atoms with van der Waals surface area (Å²) in [4.78, 5) is 12.1. The third-order valence-corrected chi connectivity index (χ3v) is 4.57. The van der Waals surface area contributed by atoms with E-state index in [1.807, 2.05) is 41.8 Å². The number of rotatable bonds is 9.